The minimum atomic E-state index is -0.197. The number of rotatable bonds is 8. The summed E-state index contributed by atoms with van der Waals surface area (Å²) in [6.45, 7) is 6.23. The third-order valence-electron chi connectivity index (χ3n) is 2.73. The maximum atomic E-state index is 5.54. The van der Waals surface area contributed by atoms with Gasteiger partial charge in [-0.15, -0.1) is 0 Å². The number of hydrogen-bond acceptors (Lipinski definition) is 5. The Balaban J connectivity index is 2.27. The summed E-state index contributed by atoms with van der Waals surface area (Å²) < 4.78 is 26.4. The summed E-state index contributed by atoms with van der Waals surface area (Å²) in [6, 6.07) is 0. The standard InChI is InChI=1S/C11H22O5/c1-9(12-3)15-7-11(5-14-6-11)8-16-10(2)13-4/h9-10H,5-8H2,1-4H3. The molecule has 5 nitrogen and oxygen atoms in total. The first-order valence-corrected chi connectivity index (χ1v) is 5.48. The van der Waals surface area contributed by atoms with Crippen molar-refractivity contribution in [1.82, 2.24) is 0 Å². The van der Waals surface area contributed by atoms with Crippen molar-refractivity contribution in [3.63, 3.8) is 0 Å². The number of methoxy groups -OCH3 is 2. The van der Waals surface area contributed by atoms with Crippen LogP contribution in [-0.2, 0) is 23.7 Å². The Morgan fingerprint density at radius 2 is 1.44 bits per heavy atom. The lowest BCUT2D eigenvalue weighted by molar-refractivity contribution is -0.232. The molecule has 1 saturated heterocycles. The molecule has 0 aromatic rings. The monoisotopic (exact) mass is 234 g/mol. The highest BCUT2D eigenvalue weighted by atomic mass is 16.7. The molecule has 1 aliphatic rings. The van der Waals surface area contributed by atoms with Crippen molar-refractivity contribution in [2.45, 2.75) is 26.4 Å². The molecule has 0 radical (unpaired) electrons. The van der Waals surface area contributed by atoms with E-state index in [0.717, 1.165) is 0 Å². The first-order valence-electron chi connectivity index (χ1n) is 5.48. The van der Waals surface area contributed by atoms with Crippen LogP contribution in [0.2, 0.25) is 0 Å². The summed E-state index contributed by atoms with van der Waals surface area (Å²) >= 11 is 0. The zero-order chi connectivity index (χ0) is 12.0. The van der Waals surface area contributed by atoms with Gasteiger partial charge < -0.3 is 23.7 Å². The van der Waals surface area contributed by atoms with Gasteiger partial charge in [-0.1, -0.05) is 0 Å². The van der Waals surface area contributed by atoms with Gasteiger partial charge in [-0.25, -0.2) is 0 Å². The minimum Gasteiger partial charge on any atom is -0.380 e. The summed E-state index contributed by atoms with van der Waals surface area (Å²) in [6.07, 6.45) is -0.394. The number of ether oxygens (including phenoxy) is 5. The maximum absolute atomic E-state index is 5.54. The summed E-state index contributed by atoms with van der Waals surface area (Å²) in [4.78, 5) is 0. The second-order valence-corrected chi connectivity index (χ2v) is 4.22. The molecule has 1 fully saturated rings. The molecule has 0 aromatic carbocycles. The van der Waals surface area contributed by atoms with Crippen molar-refractivity contribution in [3.8, 4) is 0 Å². The maximum Gasteiger partial charge on any atom is 0.154 e. The van der Waals surface area contributed by atoms with Gasteiger partial charge in [0.25, 0.3) is 0 Å². The zero-order valence-corrected chi connectivity index (χ0v) is 10.5. The minimum absolute atomic E-state index is 0.0421. The van der Waals surface area contributed by atoms with E-state index in [-0.39, 0.29) is 18.0 Å². The molecule has 0 amide bonds. The molecule has 0 spiro atoms. The molecule has 1 aliphatic heterocycles. The van der Waals surface area contributed by atoms with Crippen molar-refractivity contribution in [1.29, 1.82) is 0 Å². The molecule has 0 aromatic heterocycles. The van der Waals surface area contributed by atoms with E-state index < -0.39 is 0 Å². The van der Waals surface area contributed by atoms with Crippen molar-refractivity contribution < 1.29 is 23.7 Å². The lowest BCUT2D eigenvalue weighted by atomic mass is 9.88. The summed E-state index contributed by atoms with van der Waals surface area (Å²) in [7, 11) is 3.25. The molecule has 0 bridgehead atoms. The summed E-state index contributed by atoms with van der Waals surface area (Å²) in [5.74, 6) is 0. The van der Waals surface area contributed by atoms with E-state index >= 15 is 0 Å². The molecule has 0 saturated carbocycles. The Morgan fingerprint density at radius 1 is 1.00 bits per heavy atom. The van der Waals surface area contributed by atoms with Gasteiger partial charge >= 0.3 is 0 Å². The van der Waals surface area contributed by atoms with Crippen molar-refractivity contribution >= 4 is 0 Å². The Bertz CT molecular complexity index is 177. The Morgan fingerprint density at radius 3 is 1.69 bits per heavy atom. The molecule has 16 heavy (non-hydrogen) atoms. The highest BCUT2D eigenvalue weighted by molar-refractivity contribution is 4.85. The van der Waals surface area contributed by atoms with E-state index in [9.17, 15) is 0 Å². The fourth-order valence-electron chi connectivity index (χ4n) is 1.32. The van der Waals surface area contributed by atoms with Crippen LogP contribution < -0.4 is 0 Å². The van der Waals surface area contributed by atoms with Gasteiger partial charge in [-0.05, 0) is 13.8 Å². The second kappa shape index (κ2) is 6.51. The second-order valence-electron chi connectivity index (χ2n) is 4.22. The predicted molar refractivity (Wildman–Crippen MR) is 58.1 cm³/mol. The van der Waals surface area contributed by atoms with Crippen molar-refractivity contribution in [3.05, 3.63) is 0 Å². The third kappa shape index (κ3) is 3.99. The first kappa shape index (κ1) is 13.9. The van der Waals surface area contributed by atoms with Crippen LogP contribution in [0.1, 0.15) is 13.8 Å². The quantitative estimate of drug-likeness (QED) is 0.587. The average molecular weight is 234 g/mol. The van der Waals surface area contributed by atoms with Gasteiger partial charge in [-0.3, -0.25) is 0 Å². The van der Waals surface area contributed by atoms with Crippen LogP contribution in [0.15, 0.2) is 0 Å². The highest BCUT2D eigenvalue weighted by Gasteiger charge is 2.40. The predicted octanol–water partition coefficient (Wildman–Crippen LogP) is 1.02. The van der Waals surface area contributed by atoms with Crippen LogP contribution in [0.25, 0.3) is 0 Å². The van der Waals surface area contributed by atoms with Crippen LogP contribution in [0.4, 0.5) is 0 Å². The van der Waals surface area contributed by atoms with E-state index in [1.807, 2.05) is 13.8 Å². The van der Waals surface area contributed by atoms with Gasteiger partial charge in [0.2, 0.25) is 0 Å². The van der Waals surface area contributed by atoms with Crippen LogP contribution in [-0.4, -0.2) is 53.2 Å². The fraction of sp³-hybridized carbons (Fsp3) is 1.00. The van der Waals surface area contributed by atoms with Gasteiger partial charge in [-0.2, -0.15) is 0 Å². The largest absolute Gasteiger partial charge is 0.380 e. The van der Waals surface area contributed by atoms with Crippen molar-refractivity contribution in [2.24, 2.45) is 5.41 Å². The van der Waals surface area contributed by atoms with E-state index in [1.54, 1.807) is 14.2 Å². The van der Waals surface area contributed by atoms with Gasteiger partial charge in [0.15, 0.2) is 12.6 Å². The Hall–Kier alpha value is -0.200. The van der Waals surface area contributed by atoms with Gasteiger partial charge in [0.1, 0.15) is 0 Å². The molecule has 0 aliphatic carbocycles. The smallest absolute Gasteiger partial charge is 0.154 e. The molecular weight excluding hydrogens is 212 g/mol. The van der Waals surface area contributed by atoms with Crippen LogP contribution >= 0.6 is 0 Å². The summed E-state index contributed by atoms with van der Waals surface area (Å²) in [5, 5.41) is 0. The third-order valence-corrected chi connectivity index (χ3v) is 2.73. The summed E-state index contributed by atoms with van der Waals surface area (Å²) in [5.41, 5.74) is -0.0421. The van der Waals surface area contributed by atoms with Gasteiger partial charge in [0, 0.05) is 14.2 Å². The first-order chi connectivity index (χ1) is 7.62. The van der Waals surface area contributed by atoms with Gasteiger partial charge in [0.05, 0.1) is 31.8 Å². The van der Waals surface area contributed by atoms with E-state index in [1.165, 1.54) is 0 Å². The molecule has 2 unspecified atom stereocenters. The SMILES string of the molecule is COC(C)OCC1(COC(C)OC)COC1. The Kier molecular flexibility index (Phi) is 5.64. The van der Waals surface area contributed by atoms with Crippen LogP contribution in [0.5, 0.6) is 0 Å². The normalized spacial score (nSPS) is 22.5. The zero-order valence-electron chi connectivity index (χ0n) is 10.5. The molecular formula is C11H22O5. The lowest BCUT2D eigenvalue weighted by Crippen LogP contribution is -2.51. The van der Waals surface area contributed by atoms with E-state index in [0.29, 0.717) is 26.4 Å². The van der Waals surface area contributed by atoms with E-state index in [2.05, 4.69) is 0 Å². The van der Waals surface area contributed by atoms with E-state index in [4.69, 9.17) is 23.7 Å². The molecule has 1 heterocycles. The molecule has 5 heteroatoms. The average Bonchev–Trinajstić information content (AvgIpc) is 2.26. The van der Waals surface area contributed by atoms with Crippen LogP contribution in [0.3, 0.4) is 0 Å². The molecule has 1 rings (SSSR count). The fourth-order valence-corrected chi connectivity index (χ4v) is 1.32. The highest BCUT2D eigenvalue weighted by Crippen LogP contribution is 2.29. The number of hydrogen-bond donors (Lipinski definition) is 0. The van der Waals surface area contributed by atoms with Crippen molar-refractivity contribution in [2.75, 3.05) is 40.6 Å². The molecule has 96 valence electrons. The Labute approximate surface area is 97.0 Å². The topological polar surface area (TPSA) is 46.2 Å². The van der Waals surface area contributed by atoms with Crippen LogP contribution in [0, 0.1) is 5.41 Å². The molecule has 0 N–H and O–H groups in total. The lowest BCUT2D eigenvalue weighted by Gasteiger charge is -2.41. The molecule has 2 atom stereocenters.